The molecule has 2 aliphatic rings. The van der Waals surface area contributed by atoms with Gasteiger partial charge in [0.2, 0.25) is 0 Å². The fourth-order valence-electron chi connectivity index (χ4n) is 3.29. The lowest BCUT2D eigenvalue weighted by atomic mass is 9.89. The van der Waals surface area contributed by atoms with Crippen LogP contribution in [0.2, 0.25) is 0 Å². The zero-order valence-electron chi connectivity index (χ0n) is 16.1. The second-order valence-electron chi connectivity index (χ2n) is 7.76. The predicted octanol–water partition coefficient (Wildman–Crippen LogP) is 4.01. The quantitative estimate of drug-likeness (QED) is 0.850. The van der Waals surface area contributed by atoms with Gasteiger partial charge in [-0.15, -0.1) is 0 Å². The van der Waals surface area contributed by atoms with E-state index in [0.29, 0.717) is 12.6 Å². The molecule has 1 aromatic carbocycles. The number of amides is 1. The molecule has 6 heteroatoms. The summed E-state index contributed by atoms with van der Waals surface area (Å²) in [5.41, 5.74) is 2.91. The van der Waals surface area contributed by atoms with E-state index in [9.17, 15) is 4.79 Å². The number of fused-ring (bicyclic) bond motifs is 1. The average molecular weight is 359 g/mol. The van der Waals surface area contributed by atoms with Gasteiger partial charge < -0.3 is 20.1 Å². The van der Waals surface area contributed by atoms with Crippen molar-refractivity contribution < 1.29 is 14.3 Å². The number of anilines is 1. The Bertz CT molecular complexity index is 694. The molecule has 1 unspecified atom stereocenters. The fraction of sp³-hybridized carbons (Fsp3) is 0.550. The van der Waals surface area contributed by atoms with Crippen molar-refractivity contribution in [2.45, 2.75) is 52.1 Å². The lowest BCUT2D eigenvalue weighted by molar-refractivity contribution is 0.0344. The maximum absolute atomic E-state index is 12.2. The first kappa shape index (κ1) is 18.4. The van der Waals surface area contributed by atoms with E-state index in [2.05, 4.69) is 29.7 Å². The molecule has 0 saturated heterocycles. The van der Waals surface area contributed by atoms with Crippen molar-refractivity contribution in [3.63, 3.8) is 0 Å². The predicted molar refractivity (Wildman–Crippen MR) is 102 cm³/mol. The van der Waals surface area contributed by atoms with Crippen molar-refractivity contribution in [3.8, 4) is 5.75 Å². The minimum atomic E-state index is -0.490. The molecule has 6 nitrogen and oxygen atoms in total. The van der Waals surface area contributed by atoms with Crippen LogP contribution in [0.1, 0.15) is 52.0 Å². The van der Waals surface area contributed by atoms with E-state index in [1.807, 2.05) is 33.0 Å². The van der Waals surface area contributed by atoms with Crippen molar-refractivity contribution in [1.82, 2.24) is 10.2 Å². The Morgan fingerprint density at radius 3 is 2.96 bits per heavy atom. The van der Waals surface area contributed by atoms with E-state index in [1.54, 1.807) is 4.90 Å². The molecule has 0 radical (unpaired) electrons. The van der Waals surface area contributed by atoms with Gasteiger partial charge in [0.1, 0.15) is 11.4 Å². The van der Waals surface area contributed by atoms with E-state index in [4.69, 9.17) is 9.47 Å². The molecule has 2 heterocycles. The summed E-state index contributed by atoms with van der Waals surface area (Å²) in [4.78, 5) is 13.8. The molecule has 0 fully saturated rings. The second-order valence-corrected chi connectivity index (χ2v) is 7.76. The van der Waals surface area contributed by atoms with Crippen LogP contribution >= 0.6 is 0 Å². The second kappa shape index (κ2) is 7.48. The molecule has 1 atom stereocenters. The minimum Gasteiger partial charge on any atom is -0.493 e. The number of carbonyl (C=O) groups is 1. The number of nitrogens with zero attached hydrogens (tertiary/aromatic N) is 1. The Hall–Kier alpha value is -2.37. The van der Waals surface area contributed by atoms with Gasteiger partial charge in [0, 0.05) is 24.1 Å². The standard InChI is InChI=1S/C20H29N3O3/c1-5-21-15-6-7-18-17(11-15)14(8-9-25-18)10-16-12-23(13-22-16)19(24)26-20(2,3)4/h6-7,11-12,14,21-22H,5,8-10,13H2,1-4H3. The van der Waals surface area contributed by atoms with Gasteiger partial charge in [-0.2, -0.15) is 0 Å². The highest BCUT2D eigenvalue weighted by Crippen LogP contribution is 2.39. The largest absolute Gasteiger partial charge is 0.493 e. The summed E-state index contributed by atoms with van der Waals surface area (Å²) in [5.74, 6) is 1.33. The van der Waals surface area contributed by atoms with E-state index >= 15 is 0 Å². The van der Waals surface area contributed by atoms with Gasteiger partial charge in [-0.3, -0.25) is 4.90 Å². The first-order chi connectivity index (χ1) is 12.4. The first-order valence-corrected chi connectivity index (χ1v) is 9.30. The van der Waals surface area contributed by atoms with Crippen LogP contribution in [-0.2, 0) is 4.74 Å². The maximum atomic E-state index is 12.2. The monoisotopic (exact) mass is 359 g/mol. The zero-order chi connectivity index (χ0) is 18.7. The number of allylic oxidation sites excluding steroid dienone is 1. The van der Waals surface area contributed by atoms with Crippen molar-refractivity contribution >= 4 is 11.8 Å². The van der Waals surface area contributed by atoms with Gasteiger partial charge in [-0.1, -0.05) is 0 Å². The molecule has 0 saturated carbocycles. The Morgan fingerprint density at radius 1 is 1.42 bits per heavy atom. The molecule has 0 bridgehead atoms. The van der Waals surface area contributed by atoms with Gasteiger partial charge in [-0.05, 0) is 70.2 Å². The van der Waals surface area contributed by atoms with Gasteiger partial charge in [-0.25, -0.2) is 4.79 Å². The van der Waals surface area contributed by atoms with E-state index in [1.165, 1.54) is 5.56 Å². The van der Waals surface area contributed by atoms with Crippen LogP contribution in [-0.4, -0.2) is 36.4 Å². The molecule has 1 aromatic rings. The van der Waals surface area contributed by atoms with Crippen molar-refractivity contribution in [2.75, 3.05) is 25.1 Å². The number of ether oxygens (including phenoxy) is 2. The van der Waals surface area contributed by atoms with Crippen molar-refractivity contribution in [2.24, 2.45) is 0 Å². The number of rotatable bonds is 4. The molecule has 142 valence electrons. The summed E-state index contributed by atoms with van der Waals surface area (Å²) >= 11 is 0. The van der Waals surface area contributed by atoms with Gasteiger partial charge in [0.15, 0.2) is 0 Å². The Balaban J connectivity index is 1.70. The van der Waals surface area contributed by atoms with E-state index < -0.39 is 5.60 Å². The lowest BCUT2D eigenvalue weighted by Crippen LogP contribution is -2.34. The third-order valence-electron chi connectivity index (χ3n) is 4.44. The van der Waals surface area contributed by atoms with E-state index in [0.717, 1.165) is 43.1 Å². The van der Waals surface area contributed by atoms with Crippen LogP contribution in [0.5, 0.6) is 5.75 Å². The minimum absolute atomic E-state index is 0.318. The van der Waals surface area contributed by atoms with Crippen LogP contribution in [0.25, 0.3) is 0 Å². The average Bonchev–Trinajstić information content (AvgIpc) is 3.03. The molecular weight excluding hydrogens is 330 g/mol. The van der Waals surface area contributed by atoms with Crippen molar-refractivity contribution in [3.05, 3.63) is 35.7 Å². The Kier molecular flexibility index (Phi) is 5.30. The molecule has 0 spiro atoms. The van der Waals surface area contributed by atoms with Crippen LogP contribution < -0.4 is 15.4 Å². The Morgan fingerprint density at radius 2 is 2.23 bits per heavy atom. The van der Waals surface area contributed by atoms with Crippen LogP contribution in [0.3, 0.4) is 0 Å². The van der Waals surface area contributed by atoms with Crippen LogP contribution in [0.15, 0.2) is 30.1 Å². The highest BCUT2D eigenvalue weighted by molar-refractivity contribution is 5.70. The number of benzene rings is 1. The summed E-state index contributed by atoms with van der Waals surface area (Å²) < 4.78 is 11.2. The van der Waals surface area contributed by atoms with Gasteiger partial charge in [0.25, 0.3) is 0 Å². The smallest absolute Gasteiger partial charge is 0.415 e. The molecule has 26 heavy (non-hydrogen) atoms. The molecule has 2 N–H and O–H groups in total. The molecule has 0 aliphatic carbocycles. The Labute approximate surface area is 155 Å². The molecule has 0 aromatic heterocycles. The number of hydrogen-bond donors (Lipinski definition) is 2. The summed E-state index contributed by atoms with van der Waals surface area (Å²) in [6.45, 7) is 9.78. The normalized spacial score (nSPS) is 19.2. The van der Waals surface area contributed by atoms with Gasteiger partial charge in [0.05, 0.1) is 13.3 Å². The third kappa shape index (κ3) is 4.42. The van der Waals surface area contributed by atoms with E-state index in [-0.39, 0.29) is 6.09 Å². The lowest BCUT2D eigenvalue weighted by Gasteiger charge is -2.27. The van der Waals surface area contributed by atoms with Crippen LogP contribution in [0.4, 0.5) is 10.5 Å². The topological polar surface area (TPSA) is 62.8 Å². The zero-order valence-corrected chi connectivity index (χ0v) is 16.1. The molecule has 1 amide bonds. The highest BCUT2D eigenvalue weighted by Gasteiger charge is 2.28. The summed E-state index contributed by atoms with van der Waals surface area (Å²) in [7, 11) is 0. The summed E-state index contributed by atoms with van der Waals surface area (Å²) in [6, 6.07) is 6.29. The summed E-state index contributed by atoms with van der Waals surface area (Å²) in [5, 5.41) is 6.68. The van der Waals surface area contributed by atoms with Crippen LogP contribution in [0, 0.1) is 0 Å². The SMILES string of the molecule is CCNc1ccc2c(c1)C(CC1=CN(C(=O)OC(C)(C)C)CN1)CCO2. The van der Waals surface area contributed by atoms with Crippen molar-refractivity contribution in [1.29, 1.82) is 0 Å². The highest BCUT2D eigenvalue weighted by atomic mass is 16.6. The maximum Gasteiger partial charge on any atom is 0.415 e. The molecule has 2 aliphatic heterocycles. The first-order valence-electron chi connectivity index (χ1n) is 9.30. The molecule has 3 rings (SSSR count). The number of carbonyl (C=O) groups excluding carboxylic acids is 1. The number of nitrogens with one attached hydrogen (secondary N) is 2. The summed E-state index contributed by atoms with van der Waals surface area (Å²) in [6.07, 6.45) is 3.37. The van der Waals surface area contributed by atoms with Gasteiger partial charge >= 0.3 is 6.09 Å². The number of hydrogen-bond acceptors (Lipinski definition) is 5. The third-order valence-corrected chi connectivity index (χ3v) is 4.44. The fourth-order valence-corrected chi connectivity index (χ4v) is 3.29. The molecular formula is C20H29N3O3.